The normalized spacial score (nSPS) is 6.27. The third-order valence-electron chi connectivity index (χ3n) is 0.233. The van der Waals surface area contributed by atoms with Crippen LogP contribution in [0.1, 0.15) is 6.92 Å². The van der Waals surface area contributed by atoms with Gasteiger partial charge in [0.1, 0.15) is 0 Å². The maximum atomic E-state index is 9.35. The molecule has 0 saturated carbocycles. The molecule has 0 aliphatic heterocycles. The second kappa shape index (κ2) is 16.8. The number of carbonyl (C=O) groups excluding carboxylic acids is 2. The van der Waals surface area contributed by atoms with E-state index in [0.717, 1.165) is 0 Å². The van der Waals surface area contributed by atoms with Crippen LogP contribution in [0.4, 0.5) is 0 Å². The van der Waals surface area contributed by atoms with Gasteiger partial charge in [0.25, 0.3) is 0 Å². The number of rotatable bonds is 3. The van der Waals surface area contributed by atoms with Gasteiger partial charge in [0.2, 0.25) is 0 Å². The van der Waals surface area contributed by atoms with Gasteiger partial charge in [0.15, 0.2) is 0 Å². The molecule has 0 rings (SSSR count). The van der Waals surface area contributed by atoms with Crippen LogP contribution in [0.3, 0.4) is 0 Å². The molecule has 0 spiro atoms. The van der Waals surface area contributed by atoms with Crippen molar-refractivity contribution >= 4 is 23.8 Å². The van der Waals surface area contributed by atoms with Crippen LogP contribution in [0.5, 0.6) is 0 Å². The van der Waals surface area contributed by atoms with Crippen molar-refractivity contribution in [3.05, 3.63) is 18.9 Å². The Hall–Kier alpha value is 0.404. The number of ketones is 1. The van der Waals surface area contributed by atoms with Crippen molar-refractivity contribution in [2.24, 2.45) is 0 Å². The summed E-state index contributed by atoms with van der Waals surface area (Å²) < 4.78 is 0. The van der Waals surface area contributed by atoms with E-state index in [1.165, 1.54) is 18.7 Å². The Labute approximate surface area is 97.1 Å². The average Bonchev–Trinajstić information content (AvgIpc) is 1.82. The molecule has 0 aromatic rings. The molecule has 0 amide bonds. The van der Waals surface area contributed by atoms with Crippen LogP contribution >= 0.6 is 11.8 Å². The molecule has 0 aliphatic carbocycles. The molecular weight excluding hydrogens is 237 g/mol. The van der Waals surface area contributed by atoms with Crippen molar-refractivity contribution in [3.8, 4) is 0 Å². The van der Waals surface area contributed by atoms with E-state index < -0.39 is 0 Å². The molecule has 0 atom stereocenters. The van der Waals surface area contributed by atoms with Crippen molar-refractivity contribution in [1.29, 1.82) is 0 Å². The molecule has 0 N–H and O–H groups in total. The monoisotopic (exact) mass is 246 g/mol. The summed E-state index contributed by atoms with van der Waals surface area (Å²) in [6, 6.07) is 0. The molecule has 2 nitrogen and oxygen atoms in total. The van der Waals surface area contributed by atoms with Crippen LogP contribution in [-0.2, 0) is 42.3 Å². The second-order valence-corrected chi connectivity index (χ2v) is 2.15. The number of hydrogen-bond donors (Lipinski definition) is 0. The van der Waals surface area contributed by atoms with E-state index in [1.54, 1.807) is 6.29 Å². The van der Waals surface area contributed by atoms with Gasteiger partial charge in [-0.1, -0.05) is 0 Å². The number of Topliss-reactive ketones (excluding diaryl/α,β-unsaturated/α-hetero) is 1. The largest absolute Gasteiger partial charge is 3.00 e. The van der Waals surface area contributed by atoms with Crippen LogP contribution in [0, 0.1) is 12.3 Å². The van der Waals surface area contributed by atoms with Crippen molar-refractivity contribution in [3.63, 3.8) is 0 Å². The van der Waals surface area contributed by atoms with E-state index in [-0.39, 0.29) is 38.5 Å². The Balaban J connectivity index is -0.000000114. The van der Waals surface area contributed by atoms with E-state index in [0.29, 0.717) is 5.75 Å². The first-order chi connectivity index (χ1) is 4.65. The van der Waals surface area contributed by atoms with E-state index in [1.807, 2.05) is 0 Å². The molecular formula is C7H9O2SY. The summed E-state index contributed by atoms with van der Waals surface area (Å²) in [7, 11) is 0. The van der Waals surface area contributed by atoms with Gasteiger partial charge in [-0.2, -0.15) is 0 Å². The number of carbonyl (C=O) groups is 1. The Morgan fingerprint density at radius 1 is 1.73 bits per heavy atom. The van der Waals surface area contributed by atoms with Crippen LogP contribution in [0.25, 0.3) is 0 Å². The van der Waals surface area contributed by atoms with Gasteiger partial charge in [-0.05, 0) is 12.7 Å². The first-order valence-corrected chi connectivity index (χ1v) is 3.45. The third kappa shape index (κ3) is 63.4. The summed E-state index contributed by atoms with van der Waals surface area (Å²) in [4.78, 5) is 18.7. The van der Waals surface area contributed by atoms with Gasteiger partial charge in [-0.15, -0.1) is 5.75 Å². The maximum absolute atomic E-state index is 9.35. The molecule has 0 unspecified atom stereocenters. The predicted octanol–water partition coefficient (Wildman–Crippen LogP) is 1.18. The summed E-state index contributed by atoms with van der Waals surface area (Å²) in [5, 5.41) is 2.47. The fourth-order valence-electron chi connectivity index (χ4n) is 0.0805. The molecule has 4 heteroatoms. The predicted molar refractivity (Wildman–Crippen MR) is 43.1 cm³/mol. The minimum atomic E-state index is -0.0833. The Morgan fingerprint density at radius 3 is 2.18 bits per heavy atom. The first kappa shape index (κ1) is 17.5. The van der Waals surface area contributed by atoms with Gasteiger partial charge in [-0.3, -0.25) is 12.9 Å². The summed E-state index contributed by atoms with van der Waals surface area (Å²) in [5.41, 5.74) is 0. The van der Waals surface area contributed by atoms with E-state index >= 15 is 0 Å². The molecule has 0 aliphatic rings. The van der Waals surface area contributed by atoms with Crippen molar-refractivity contribution in [2.75, 3.05) is 5.75 Å². The SMILES string of the molecule is C=[C-]SC[C-]=O.[CH2-]C(C)=O.[Y+3]. The molecule has 0 aromatic carbocycles. The summed E-state index contributed by atoms with van der Waals surface area (Å²) >= 11 is 1.22. The fraction of sp³-hybridized carbons (Fsp3) is 0.286. The standard InChI is InChI=1S/C4H4OS.C3H5O.Y/c1-2-6-4-3-5;1-3(2)4;/h1,4H2;1H2,2H3;/q-2;-1;+3. The summed E-state index contributed by atoms with van der Waals surface area (Å²) in [6.45, 7) is 7.67. The molecule has 0 bridgehead atoms. The minimum absolute atomic E-state index is 0. The molecule has 0 aromatic heterocycles. The van der Waals surface area contributed by atoms with E-state index in [2.05, 4.69) is 18.9 Å². The van der Waals surface area contributed by atoms with E-state index in [9.17, 15) is 9.59 Å². The van der Waals surface area contributed by atoms with Crippen molar-refractivity contribution in [1.82, 2.24) is 0 Å². The Bertz CT molecular complexity index is 103. The molecule has 0 radical (unpaired) electrons. The number of hydrogen-bond acceptors (Lipinski definition) is 3. The second-order valence-electron chi connectivity index (χ2n) is 1.28. The van der Waals surface area contributed by atoms with Crippen LogP contribution in [0.15, 0.2) is 6.58 Å². The van der Waals surface area contributed by atoms with Gasteiger partial charge >= 0.3 is 32.7 Å². The van der Waals surface area contributed by atoms with Gasteiger partial charge in [0.05, 0.1) is 0 Å². The van der Waals surface area contributed by atoms with Gasteiger partial charge < -0.3 is 33.7 Å². The molecule has 0 heterocycles. The zero-order chi connectivity index (χ0) is 8.41. The fourth-order valence-corrected chi connectivity index (χ4v) is 0.241. The van der Waals surface area contributed by atoms with Gasteiger partial charge in [-0.25, -0.2) is 0 Å². The van der Waals surface area contributed by atoms with Crippen LogP contribution in [0.2, 0.25) is 0 Å². The molecule has 0 fully saturated rings. The zero-order valence-electron chi connectivity index (χ0n) is 6.42. The summed E-state index contributed by atoms with van der Waals surface area (Å²) in [6.07, 6.45) is 1.68. The molecule has 11 heavy (non-hydrogen) atoms. The smallest absolute Gasteiger partial charge is 0.541 e. The van der Waals surface area contributed by atoms with Crippen molar-refractivity contribution in [2.45, 2.75) is 6.92 Å². The maximum Gasteiger partial charge on any atom is 3.00 e. The topological polar surface area (TPSA) is 34.1 Å². The average molecular weight is 246 g/mol. The first-order valence-electron chi connectivity index (χ1n) is 2.46. The third-order valence-corrected chi connectivity index (χ3v) is 0.699. The zero-order valence-corrected chi connectivity index (χ0v) is 10.1. The number of thioether (sulfide) groups is 1. The minimum Gasteiger partial charge on any atom is -0.541 e. The molecule has 0 saturated heterocycles. The Kier molecular flexibility index (Phi) is 26.7. The molecule has 58 valence electrons. The van der Waals surface area contributed by atoms with Gasteiger partial charge in [0, 0.05) is 0 Å². The quantitative estimate of drug-likeness (QED) is 0.554. The van der Waals surface area contributed by atoms with Crippen molar-refractivity contribution < 1.29 is 42.3 Å². The van der Waals surface area contributed by atoms with Crippen LogP contribution < -0.4 is 0 Å². The Morgan fingerprint density at radius 2 is 2.09 bits per heavy atom. The van der Waals surface area contributed by atoms with Crippen LogP contribution in [-0.4, -0.2) is 17.8 Å². The van der Waals surface area contributed by atoms with E-state index in [4.69, 9.17) is 0 Å². The summed E-state index contributed by atoms with van der Waals surface area (Å²) in [5.74, 6) is 0.267.